The minimum atomic E-state index is 0.00646. The lowest BCUT2D eigenvalue weighted by Crippen LogP contribution is -2.28. The highest BCUT2D eigenvalue weighted by Gasteiger charge is 2.36. The van der Waals surface area contributed by atoms with Gasteiger partial charge in [0.1, 0.15) is 0 Å². The summed E-state index contributed by atoms with van der Waals surface area (Å²) in [5, 5.41) is 9.12. The number of benzene rings is 1. The molecule has 4 heteroatoms. The molecule has 116 valence electrons. The molecular weight excluding hydrogens is 268 g/mol. The van der Waals surface area contributed by atoms with Gasteiger partial charge in [0.15, 0.2) is 0 Å². The van der Waals surface area contributed by atoms with Gasteiger partial charge in [0.25, 0.3) is 0 Å². The molecule has 2 fully saturated rings. The summed E-state index contributed by atoms with van der Waals surface area (Å²) in [6, 6.07) is 10.2. The molecule has 0 aliphatic carbocycles. The van der Waals surface area contributed by atoms with E-state index in [1.165, 1.54) is 5.56 Å². The van der Waals surface area contributed by atoms with E-state index in [1.54, 1.807) is 0 Å². The molecule has 0 amide bonds. The van der Waals surface area contributed by atoms with Crippen LogP contribution in [-0.4, -0.2) is 42.7 Å². The Kier molecular flexibility index (Phi) is 5.25. The number of aliphatic hydroxyl groups is 1. The summed E-state index contributed by atoms with van der Waals surface area (Å²) in [7, 11) is 0. The molecule has 2 aliphatic heterocycles. The first-order chi connectivity index (χ1) is 10.3. The van der Waals surface area contributed by atoms with Gasteiger partial charge in [-0.25, -0.2) is 0 Å². The Morgan fingerprint density at radius 2 is 1.62 bits per heavy atom. The predicted octanol–water partition coefficient (Wildman–Crippen LogP) is 2.29. The first-order valence-corrected chi connectivity index (χ1v) is 7.88. The smallest absolute Gasteiger partial charge is 0.0842 e. The Hall–Kier alpha value is -0.940. The van der Waals surface area contributed by atoms with Crippen molar-refractivity contribution in [2.24, 2.45) is 0 Å². The number of hydrogen-bond acceptors (Lipinski definition) is 4. The molecular formula is C17H24O4. The van der Waals surface area contributed by atoms with Crippen LogP contribution in [-0.2, 0) is 20.8 Å². The Morgan fingerprint density at radius 1 is 0.952 bits per heavy atom. The standard InChI is InChI=1S/C17H24O4/c18-10-14-6-8-16(20-14)17-9-7-15(21-17)12-19-11-13-4-2-1-3-5-13/h1-5,14-18H,6-12H2/t14-,15-,16+,17+/m1/s1. The van der Waals surface area contributed by atoms with Crippen molar-refractivity contribution in [3.05, 3.63) is 35.9 Å². The lowest BCUT2D eigenvalue weighted by molar-refractivity contribution is -0.0886. The second kappa shape index (κ2) is 7.36. The average Bonchev–Trinajstić information content (AvgIpc) is 3.17. The van der Waals surface area contributed by atoms with Crippen molar-refractivity contribution in [1.82, 2.24) is 0 Å². The second-order valence-corrected chi connectivity index (χ2v) is 5.93. The Bertz CT molecular complexity index is 422. The molecule has 0 aromatic heterocycles. The normalized spacial score (nSPS) is 32.6. The fourth-order valence-corrected chi connectivity index (χ4v) is 3.15. The summed E-state index contributed by atoms with van der Waals surface area (Å²) >= 11 is 0. The van der Waals surface area contributed by atoms with Crippen LogP contribution in [0.3, 0.4) is 0 Å². The van der Waals surface area contributed by atoms with Gasteiger partial charge in [0.05, 0.1) is 44.2 Å². The lowest BCUT2D eigenvalue weighted by Gasteiger charge is -2.20. The van der Waals surface area contributed by atoms with Crippen LogP contribution >= 0.6 is 0 Å². The van der Waals surface area contributed by atoms with Crippen molar-refractivity contribution in [3.63, 3.8) is 0 Å². The molecule has 4 atom stereocenters. The summed E-state index contributed by atoms with van der Waals surface area (Å²) in [5.41, 5.74) is 1.19. The molecule has 0 unspecified atom stereocenters. The Balaban J connectivity index is 1.37. The molecule has 3 rings (SSSR count). The minimum absolute atomic E-state index is 0.00646. The minimum Gasteiger partial charge on any atom is -0.394 e. The molecule has 21 heavy (non-hydrogen) atoms. The monoisotopic (exact) mass is 292 g/mol. The highest BCUT2D eigenvalue weighted by molar-refractivity contribution is 5.13. The molecule has 1 aromatic carbocycles. The molecule has 0 radical (unpaired) electrons. The summed E-state index contributed by atoms with van der Waals surface area (Å²) in [6.07, 6.45) is 4.50. The summed E-state index contributed by atoms with van der Waals surface area (Å²) in [6.45, 7) is 1.40. The molecule has 0 saturated carbocycles. The van der Waals surface area contributed by atoms with E-state index in [-0.39, 0.29) is 31.0 Å². The van der Waals surface area contributed by atoms with E-state index >= 15 is 0 Å². The average molecular weight is 292 g/mol. The molecule has 2 heterocycles. The number of rotatable bonds is 6. The SMILES string of the molecule is OC[C@H]1CC[C@@H]([C@@H]2CC[C@H](COCc3ccccc3)O2)O1. The number of aliphatic hydroxyl groups excluding tert-OH is 1. The Labute approximate surface area is 126 Å². The lowest BCUT2D eigenvalue weighted by atomic mass is 10.1. The van der Waals surface area contributed by atoms with Gasteiger partial charge in [0, 0.05) is 0 Å². The second-order valence-electron chi connectivity index (χ2n) is 5.93. The van der Waals surface area contributed by atoms with Crippen LogP contribution in [0.1, 0.15) is 31.2 Å². The Morgan fingerprint density at radius 3 is 2.29 bits per heavy atom. The maximum Gasteiger partial charge on any atom is 0.0842 e. The third-order valence-electron chi connectivity index (χ3n) is 4.31. The first-order valence-electron chi connectivity index (χ1n) is 7.88. The third-order valence-corrected chi connectivity index (χ3v) is 4.31. The zero-order chi connectivity index (χ0) is 14.5. The van der Waals surface area contributed by atoms with Gasteiger partial charge in [-0.15, -0.1) is 0 Å². The highest BCUT2D eigenvalue weighted by Crippen LogP contribution is 2.31. The van der Waals surface area contributed by atoms with E-state index in [9.17, 15) is 0 Å². The zero-order valence-electron chi connectivity index (χ0n) is 12.3. The molecule has 1 N–H and O–H groups in total. The van der Waals surface area contributed by atoms with Gasteiger partial charge in [0.2, 0.25) is 0 Å². The maximum absolute atomic E-state index is 9.12. The van der Waals surface area contributed by atoms with Crippen molar-refractivity contribution in [2.45, 2.75) is 56.7 Å². The summed E-state index contributed by atoms with van der Waals surface area (Å²) in [4.78, 5) is 0. The van der Waals surface area contributed by atoms with Crippen LogP contribution in [0, 0.1) is 0 Å². The summed E-state index contributed by atoms with van der Waals surface area (Å²) in [5.74, 6) is 0. The van der Waals surface area contributed by atoms with Gasteiger partial charge in [-0.2, -0.15) is 0 Å². The summed E-state index contributed by atoms with van der Waals surface area (Å²) < 4.78 is 17.6. The number of ether oxygens (including phenoxy) is 3. The van der Waals surface area contributed by atoms with E-state index in [4.69, 9.17) is 19.3 Å². The highest BCUT2D eigenvalue weighted by atomic mass is 16.6. The van der Waals surface area contributed by atoms with E-state index in [2.05, 4.69) is 12.1 Å². The van der Waals surface area contributed by atoms with Crippen molar-refractivity contribution < 1.29 is 19.3 Å². The van der Waals surface area contributed by atoms with Crippen molar-refractivity contribution in [3.8, 4) is 0 Å². The van der Waals surface area contributed by atoms with Gasteiger partial charge < -0.3 is 19.3 Å². The van der Waals surface area contributed by atoms with Gasteiger partial charge >= 0.3 is 0 Å². The first kappa shape index (κ1) is 15.0. The number of hydrogen-bond donors (Lipinski definition) is 1. The van der Waals surface area contributed by atoms with Crippen LogP contribution in [0.4, 0.5) is 0 Å². The topological polar surface area (TPSA) is 47.9 Å². The van der Waals surface area contributed by atoms with Crippen molar-refractivity contribution in [2.75, 3.05) is 13.2 Å². The van der Waals surface area contributed by atoms with Gasteiger partial charge in [-0.3, -0.25) is 0 Å². The van der Waals surface area contributed by atoms with Crippen LogP contribution in [0.2, 0.25) is 0 Å². The molecule has 4 nitrogen and oxygen atoms in total. The quantitative estimate of drug-likeness (QED) is 0.874. The molecule has 1 aromatic rings. The zero-order valence-corrected chi connectivity index (χ0v) is 12.3. The van der Waals surface area contributed by atoms with Gasteiger partial charge in [-0.05, 0) is 31.2 Å². The van der Waals surface area contributed by atoms with Crippen LogP contribution in [0.25, 0.3) is 0 Å². The molecule has 0 spiro atoms. The molecule has 2 saturated heterocycles. The largest absolute Gasteiger partial charge is 0.394 e. The fraction of sp³-hybridized carbons (Fsp3) is 0.647. The maximum atomic E-state index is 9.12. The molecule has 2 aliphatic rings. The van der Waals surface area contributed by atoms with Crippen LogP contribution in [0.5, 0.6) is 0 Å². The van der Waals surface area contributed by atoms with E-state index in [0.29, 0.717) is 13.2 Å². The third kappa shape index (κ3) is 4.04. The predicted molar refractivity (Wildman–Crippen MR) is 79.0 cm³/mol. The molecule has 0 bridgehead atoms. The van der Waals surface area contributed by atoms with E-state index in [1.807, 2.05) is 18.2 Å². The van der Waals surface area contributed by atoms with Crippen molar-refractivity contribution in [1.29, 1.82) is 0 Å². The van der Waals surface area contributed by atoms with Crippen LogP contribution < -0.4 is 0 Å². The van der Waals surface area contributed by atoms with Crippen LogP contribution in [0.15, 0.2) is 30.3 Å². The van der Waals surface area contributed by atoms with E-state index < -0.39 is 0 Å². The van der Waals surface area contributed by atoms with E-state index in [0.717, 1.165) is 25.7 Å². The van der Waals surface area contributed by atoms with Gasteiger partial charge in [-0.1, -0.05) is 30.3 Å². The fourth-order valence-electron chi connectivity index (χ4n) is 3.15. The van der Waals surface area contributed by atoms with Crippen molar-refractivity contribution >= 4 is 0 Å².